The average molecular weight is 258 g/mol. The van der Waals surface area contributed by atoms with Crippen LogP contribution in [-0.2, 0) is 16.3 Å². The van der Waals surface area contributed by atoms with Crippen LogP contribution in [-0.4, -0.2) is 24.6 Å². The molecule has 0 saturated heterocycles. The van der Waals surface area contributed by atoms with Crippen molar-refractivity contribution in [2.45, 2.75) is 31.9 Å². The van der Waals surface area contributed by atoms with Crippen LogP contribution in [0.1, 0.15) is 37.0 Å². The summed E-state index contributed by atoms with van der Waals surface area (Å²) in [4.78, 5) is 8.33. The van der Waals surface area contributed by atoms with Gasteiger partial charge in [0.05, 0.1) is 0 Å². The molecule has 1 unspecified atom stereocenters. The summed E-state index contributed by atoms with van der Waals surface area (Å²) in [5.41, 5.74) is 3.22. The minimum absolute atomic E-state index is 0.284. The van der Waals surface area contributed by atoms with Gasteiger partial charge < -0.3 is 5.43 Å². The lowest BCUT2D eigenvalue weighted by Crippen LogP contribution is -2.16. The molecule has 0 amide bonds. The monoisotopic (exact) mass is 258 g/mol. The summed E-state index contributed by atoms with van der Waals surface area (Å²) in [6.07, 6.45) is 2.86. The van der Waals surface area contributed by atoms with Crippen LogP contribution >= 0.6 is 0 Å². The Morgan fingerprint density at radius 1 is 1.47 bits per heavy atom. The number of nitrogens with one attached hydrogen (secondary N) is 1. The summed E-state index contributed by atoms with van der Waals surface area (Å²) >= 11 is 0. The molecule has 17 heavy (non-hydrogen) atoms. The number of anilines is 1. The van der Waals surface area contributed by atoms with Crippen molar-refractivity contribution in [3.8, 4) is 0 Å². The number of hydrogen-bond donors (Lipinski definition) is 2. The van der Waals surface area contributed by atoms with E-state index in [0.29, 0.717) is 5.82 Å². The van der Waals surface area contributed by atoms with Crippen molar-refractivity contribution in [3.63, 3.8) is 0 Å². The first-order chi connectivity index (χ1) is 7.88. The number of hydrazine groups is 1. The zero-order chi connectivity index (χ0) is 13.1. The summed E-state index contributed by atoms with van der Waals surface area (Å²) < 4.78 is 22.9. The molecule has 7 heteroatoms. The van der Waals surface area contributed by atoms with Gasteiger partial charge in [0.1, 0.15) is 16.9 Å². The van der Waals surface area contributed by atoms with E-state index in [-0.39, 0.29) is 5.82 Å². The molecule has 0 aliphatic heterocycles. The molecule has 0 radical (unpaired) electrons. The van der Waals surface area contributed by atoms with E-state index >= 15 is 0 Å². The van der Waals surface area contributed by atoms with Gasteiger partial charge >= 0.3 is 0 Å². The first kappa shape index (κ1) is 13.9. The molecule has 1 atom stereocenters. The van der Waals surface area contributed by atoms with Crippen molar-refractivity contribution >= 4 is 15.7 Å². The first-order valence-electron chi connectivity index (χ1n) is 5.41. The number of aromatic nitrogens is 2. The molecule has 0 aromatic carbocycles. The minimum atomic E-state index is -3.21. The van der Waals surface area contributed by atoms with E-state index in [0.717, 1.165) is 18.5 Å². The molecule has 1 heterocycles. The van der Waals surface area contributed by atoms with E-state index in [4.69, 9.17) is 5.84 Å². The average Bonchev–Trinajstić information content (AvgIpc) is 2.26. The number of nitrogens with zero attached hydrogens (tertiary/aromatic N) is 2. The Morgan fingerprint density at radius 2 is 2.12 bits per heavy atom. The van der Waals surface area contributed by atoms with Crippen LogP contribution in [0.4, 0.5) is 5.82 Å². The Morgan fingerprint density at radius 3 is 2.59 bits per heavy atom. The van der Waals surface area contributed by atoms with Gasteiger partial charge in [0.25, 0.3) is 0 Å². The van der Waals surface area contributed by atoms with Crippen molar-refractivity contribution in [1.82, 2.24) is 9.97 Å². The lowest BCUT2D eigenvalue weighted by molar-refractivity contribution is 0.588. The van der Waals surface area contributed by atoms with Crippen LogP contribution in [0.2, 0.25) is 0 Å². The largest absolute Gasteiger partial charge is 0.308 e. The molecule has 0 aliphatic rings. The van der Waals surface area contributed by atoms with Crippen LogP contribution in [0.5, 0.6) is 0 Å². The number of sulfone groups is 1. The summed E-state index contributed by atoms with van der Waals surface area (Å²) in [7, 11) is -3.21. The second kappa shape index (κ2) is 5.42. The molecular weight excluding hydrogens is 240 g/mol. The summed E-state index contributed by atoms with van der Waals surface area (Å²) in [5, 5.41) is -0.730. The molecular formula is C10H18N4O2S. The highest BCUT2D eigenvalue weighted by Gasteiger charge is 2.21. The van der Waals surface area contributed by atoms with Gasteiger partial charge in [-0.05, 0) is 13.3 Å². The number of rotatable bonds is 5. The van der Waals surface area contributed by atoms with Crippen LogP contribution in [0.15, 0.2) is 6.07 Å². The van der Waals surface area contributed by atoms with Crippen LogP contribution in [0.25, 0.3) is 0 Å². The van der Waals surface area contributed by atoms with Crippen molar-refractivity contribution in [3.05, 3.63) is 17.6 Å². The Bertz CT molecular complexity index is 487. The smallest absolute Gasteiger partial charge is 0.157 e. The third-order valence-electron chi connectivity index (χ3n) is 2.46. The molecule has 0 fully saturated rings. The van der Waals surface area contributed by atoms with Gasteiger partial charge in [0.2, 0.25) is 0 Å². The Labute approximate surface area is 102 Å². The fourth-order valence-electron chi connectivity index (χ4n) is 1.35. The summed E-state index contributed by atoms with van der Waals surface area (Å²) in [6.45, 7) is 3.60. The molecule has 6 nitrogen and oxygen atoms in total. The van der Waals surface area contributed by atoms with Gasteiger partial charge in [-0.2, -0.15) is 0 Å². The van der Waals surface area contributed by atoms with Crippen LogP contribution < -0.4 is 11.3 Å². The number of nitrogens with two attached hydrogens (primary N) is 1. The number of nitrogen functional groups attached to an aromatic ring is 1. The fourth-order valence-corrected chi connectivity index (χ4v) is 1.84. The fraction of sp³-hybridized carbons (Fsp3) is 0.600. The van der Waals surface area contributed by atoms with Gasteiger partial charge in [0.15, 0.2) is 9.84 Å². The molecule has 1 aromatic heterocycles. The molecule has 96 valence electrons. The second-order valence-corrected chi connectivity index (χ2v) is 6.33. The van der Waals surface area contributed by atoms with Crippen molar-refractivity contribution in [2.75, 3.05) is 11.7 Å². The standard InChI is InChI=1S/C10H18N4O2S/c1-4-5-8-6-9(14-11)13-10(12-8)7(2)17(3,15)16/h6-7H,4-5,11H2,1-3H3,(H,12,13,14). The van der Waals surface area contributed by atoms with E-state index in [2.05, 4.69) is 15.4 Å². The van der Waals surface area contributed by atoms with E-state index in [1.54, 1.807) is 13.0 Å². The minimum Gasteiger partial charge on any atom is -0.308 e. The van der Waals surface area contributed by atoms with E-state index in [1.165, 1.54) is 6.26 Å². The Balaban J connectivity index is 3.19. The van der Waals surface area contributed by atoms with Crippen molar-refractivity contribution in [1.29, 1.82) is 0 Å². The first-order valence-corrected chi connectivity index (χ1v) is 7.37. The molecule has 0 aliphatic carbocycles. The Kier molecular flexibility index (Phi) is 4.41. The van der Waals surface area contributed by atoms with Crippen LogP contribution in [0.3, 0.4) is 0 Å². The molecule has 1 aromatic rings. The van der Waals surface area contributed by atoms with Crippen molar-refractivity contribution < 1.29 is 8.42 Å². The third kappa shape index (κ3) is 3.64. The zero-order valence-electron chi connectivity index (χ0n) is 10.3. The molecule has 3 N–H and O–H groups in total. The molecule has 0 saturated carbocycles. The van der Waals surface area contributed by atoms with E-state index in [1.807, 2.05) is 6.92 Å². The Hall–Kier alpha value is -1.21. The zero-order valence-corrected chi connectivity index (χ0v) is 11.1. The maximum Gasteiger partial charge on any atom is 0.157 e. The predicted octanol–water partition coefficient (Wildman–Crippen LogP) is 0.820. The third-order valence-corrected chi connectivity index (χ3v) is 3.95. The van der Waals surface area contributed by atoms with Gasteiger partial charge in [0, 0.05) is 18.0 Å². The molecule has 0 bridgehead atoms. The number of aryl methyl sites for hydroxylation is 1. The normalized spacial score (nSPS) is 13.4. The van der Waals surface area contributed by atoms with Gasteiger partial charge in [-0.25, -0.2) is 24.2 Å². The molecule has 1 rings (SSSR count). The van der Waals surface area contributed by atoms with Gasteiger partial charge in [-0.15, -0.1) is 0 Å². The van der Waals surface area contributed by atoms with Crippen LogP contribution in [0, 0.1) is 0 Å². The summed E-state index contributed by atoms with van der Waals surface area (Å²) in [5.74, 6) is 6.03. The lowest BCUT2D eigenvalue weighted by atomic mass is 10.2. The predicted molar refractivity (Wildman–Crippen MR) is 67.1 cm³/mol. The van der Waals surface area contributed by atoms with E-state index < -0.39 is 15.1 Å². The highest BCUT2D eigenvalue weighted by Crippen LogP contribution is 2.19. The summed E-state index contributed by atoms with van der Waals surface area (Å²) in [6, 6.07) is 1.72. The quantitative estimate of drug-likeness (QED) is 0.599. The maximum absolute atomic E-state index is 11.5. The highest BCUT2D eigenvalue weighted by molar-refractivity contribution is 7.90. The van der Waals surface area contributed by atoms with Gasteiger partial charge in [-0.3, -0.25) is 0 Å². The van der Waals surface area contributed by atoms with Gasteiger partial charge in [-0.1, -0.05) is 13.3 Å². The molecule has 0 spiro atoms. The van der Waals surface area contributed by atoms with E-state index in [9.17, 15) is 8.42 Å². The highest BCUT2D eigenvalue weighted by atomic mass is 32.2. The second-order valence-electron chi connectivity index (χ2n) is 3.97. The maximum atomic E-state index is 11.5. The lowest BCUT2D eigenvalue weighted by Gasteiger charge is -2.11. The topological polar surface area (TPSA) is 98.0 Å². The number of hydrogen-bond acceptors (Lipinski definition) is 6. The SMILES string of the molecule is CCCc1cc(NN)nc(C(C)S(C)(=O)=O)n1. The van der Waals surface area contributed by atoms with Crippen molar-refractivity contribution in [2.24, 2.45) is 5.84 Å².